The molecule has 0 unspecified atom stereocenters. The van der Waals surface area contributed by atoms with Gasteiger partial charge in [-0.25, -0.2) is 0 Å². The van der Waals surface area contributed by atoms with Crippen molar-refractivity contribution in [2.75, 3.05) is 7.05 Å². The molecule has 2 heteroatoms. The van der Waals surface area contributed by atoms with E-state index in [-0.39, 0.29) is 5.41 Å². The molecule has 0 aliphatic carbocycles. The molecule has 0 spiro atoms. The molecule has 0 saturated heterocycles. The Morgan fingerprint density at radius 1 is 1.40 bits per heavy atom. The van der Waals surface area contributed by atoms with Gasteiger partial charge in [0, 0.05) is 24.4 Å². The zero-order valence-corrected chi connectivity index (χ0v) is 7.18. The van der Waals surface area contributed by atoms with Crippen molar-refractivity contribution >= 4 is 6.21 Å². The van der Waals surface area contributed by atoms with Gasteiger partial charge >= 0.3 is 0 Å². The molecule has 0 fully saturated rings. The van der Waals surface area contributed by atoms with Crippen LogP contribution < -0.4 is 5.73 Å². The summed E-state index contributed by atoms with van der Waals surface area (Å²) in [4.78, 5) is 3.81. The van der Waals surface area contributed by atoms with Gasteiger partial charge in [0.25, 0.3) is 0 Å². The number of allylic oxidation sites excluding steroid dienone is 2. The first-order valence-electron chi connectivity index (χ1n) is 3.37. The van der Waals surface area contributed by atoms with E-state index in [9.17, 15) is 0 Å². The lowest BCUT2D eigenvalue weighted by Gasteiger charge is -2.17. The molecule has 0 saturated carbocycles. The Balaban J connectivity index is 4.20. The predicted octanol–water partition coefficient (Wildman–Crippen LogP) is 1.58. The quantitative estimate of drug-likeness (QED) is 0.552. The van der Waals surface area contributed by atoms with Crippen LogP contribution in [-0.4, -0.2) is 13.3 Å². The van der Waals surface area contributed by atoms with Gasteiger partial charge in [0.2, 0.25) is 0 Å². The minimum absolute atomic E-state index is 0.0567. The second kappa shape index (κ2) is 3.40. The van der Waals surface area contributed by atoms with Crippen molar-refractivity contribution in [3.63, 3.8) is 0 Å². The minimum Gasteiger partial charge on any atom is -0.402 e. The van der Waals surface area contributed by atoms with Crippen molar-refractivity contribution in [2.45, 2.75) is 20.8 Å². The van der Waals surface area contributed by atoms with Crippen molar-refractivity contribution in [2.24, 2.45) is 16.1 Å². The highest BCUT2D eigenvalue weighted by Crippen LogP contribution is 2.19. The average Bonchev–Trinajstić information content (AvgIpc) is 1.80. The number of nitrogens with zero attached hydrogens (tertiary/aromatic N) is 1. The van der Waals surface area contributed by atoms with E-state index < -0.39 is 0 Å². The molecule has 58 valence electrons. The average molecular weight is 140 g/mol. The second-order valence-electron chi connectivity index (χ2n) is 3.28. The Kier molecular flexibility index (Phi) is 3.13. The smallest absolute Gasteiger partial charge is 0.0277 e. The van der Waals surface area contributed by atoms with Gasteiger partial charge in [0.1, 0.15) is 0 Å². The van der Waals surface area contributed by atoms with Gasteiger partial charge in [0.05, 0.1) is 0 Å². The molecule has 10 heavy (non-hydrogen) atoms. The molecule has 0 aromatic rings. The van der Waals surface area contributed by atoms with E-state index in [1.807, 2.05) is 6.08 Å². The number of hydrogen-bond donors (Lipinski definition) is 1. The molecule has 0 aliphatic rings. The van der Waals surface area contributed by atoms with Crippen LogP contribution in [-0.2, 0) is 0 Å². The van der Waals surface area contributed by atoms with E-state index in [1.54, 1.807) is 13.3 Å². The van der Waals surface area contributed by atoms with Crippen LogP contribution in [0.15, 0.2) is 16.8 Å². The summed E-state index contributed by atoms with van der Waals surface area (Å²) in [5, 5.41) is 0. The van der Waals surface area contributed by atoms with E-state index in [0.29, 0.717) is 0 Å². The molecule has 2 N–H and O–H groups in total. The van der Waals surface area contributed by atoms with Crippen LogP contribution in [0.2, 0.25) is 0 Å². The molecule has 0 radical (unpaired) electrons. The molecular weight excluding hydrogens is 124 g/mol. The van der Waals surface area contributed by atoms with Gasteiger partial charge in [-0.15, -0.1) is 0 Å². The fraction of sp³-hybridized carbons (Fsp3) is 0.625. The van der Waals surface area contributed by atoms with E-state index in [4.69, 9.17) is 5.73 Å². The van der Waals surface area contributed by atoms with Crippen molar-refractivity contribution < 1.29 is 0 Å². The highest BCUT2D eigenvalue weighted by molar-refractivity contribution is 5.71. The highest BCUT2D eigenvalue weighted by atomic mass is 14.7. The number of aliphatic imine (C=N–C) groups is 1. The van der Waals surface area contributed by atoms with Gasteiger partial charge in [-0.2, -0.15) is 0 Å². The fourth-order valence-electron chi connectivity index (χ4n) is 0.405. The molecule has 0 aromatic heterocycles. The largest absolute Gasteiger partial charge is 0.402 e. The first kappa shape index (κ1) is 9.21. The van der Waals surface area contributed by atoms with E-state index in [0.717, 1.165) is 5.70 Å². The molecule has 0 amide bonds. The summed E-state index contributed by atoms with van der Waals surface area (Å²) in [6.45, 7) is 6.22. The Bertz CT molecular complexity index is 149. The van der Waals surface area contributed by atoms with Gasteiger partial charge < -0.3 is 5.73 Å². The van der Waals surface area contributed by atoms with Crippen LogP contribution >= 0.6 is 0 Å². The number of rotatable bonds is 1. The van der Waals surface area contributed by atoms with Gasteiger partial charge in [-0.1, -0.05) is 20.8 Å². The normalized spacial score (nSPS) is 14.6. The molecule has 0 heterocycles. The fourth-order valence-corrected chi connectivity index (χ4v) is 0.405. The molecule has 0 aliphatic heterocycles. The lowest BCUT2D eigenvalue weighted by atomic mass is 9.92. The van der Waals surface area contributed by atoms with Crippen LogP contribution in [0.1, 0.15) is 20.8 Å². The molecule has 0 aromatic carbocycles. The maximum atomic E-state index is 5.71. The third-order valence-electron chi connectivity index (χ3n) is 1.27. The summed E-state index contributed by atoms with van der Waals surface area (Å²) < 4.78 is 0. The Hall–Kier alpha value is -0.790. The van der Waals surface area contributed by atoms with Crippen molar-refractivity contribution in [1.82, 2.24) is 0 Å². The third kappa shape index (κ3) is 3.28. The van der Waals surface area contributed by atoms with Crippen LogP contribution in [0.4, 0.5) is 0 Å². The van der Waals surface area contributed by atoms with Crippen LogP contribution in [0, 0.1) is 5.41 Å². The molecule has 0 rings (SSSR count). The number of hydrogen-bond acceptors (Lipinski definition) is 2. The summed E-state index contributed by atoms with van der Waals surface area (Å²) >= 11 is 0. The summed E-state index contributed by atoms with van der Waals surface area (Å²) in [5.41, 5.74) is 6.62. The zero-order chi connectivity index (χ0) is 8.20. The Morgan fingerprint density at radius 3 is 2.20 bits per heavy atom. The van der Waals surface area contributed by atoms with Gasteiger partial charge in [-0.3, -0.25) is 4.99 Å². The topological polar surface area (TPSA) is 38.4 Å². The maximum Gasteiger partial charge on any atom is 0.0277 e. The molecule has 0 atom stereocenters. The monoisotopic (exact) mass is 140 g/mol. The van der Waals surface area contributed by atoms with Gasteiger partial charge in [-0.05, 0) is 6.08 Å². The first-order chi connectivity index (χ1) is 4.48. The van der Waals surface area contributed by atoms with E-state index in [2.05, 4.69) is 25.8 Å². The summed E-state index contributed by atoms with van der Waals surface area (Å²) in [7, 11) is 1.73. The third-order valence-corrected chi connectivity index (χ3v) is 1.27. The van der Waals surface area contributed by atoms with Crippen LogP contribution in [0.5, 0.6) is 0 Å². The molecular formula is C8H16N2. The number of nitrogens with two attached hydrogens (primary N) is 1. The van der Waals surface area contributed by atoms with Crippen molar-refractivity contribution in [3.8, 4) is 0 Å². The second-order valence-corrected chi connectivity index (χ2v) is 3.28. The summed E-state index contributed by atoms with van der Waals surface area (Å²) in [6, 6.07) is 0. The van der Waals surface area contributed by atoms with Crippen LogP contribution in [0.3, 0.4) is 0 Å². The molecule has 0 bridgehead atoms. The highest BCUT2D eigenvalue weighted by Gasteiger charge is 2.11. The summed E-state index contributed by atoms with van der Waals surface area (Å²) in [5.74, 6) is 0. The Morgan fingerprint density at radius 2 is 1.90 bits per heavy atom. The standard InChI is InChI=1S/C8H16N2/c1-8(2,3)7(9)5-6-10-4/h5-6H,9H2,1-4H3/b7-5-,10-6-. The predicted molar refractivity (Wildman–Crippen MR) is 46.1 cm³/mol. The van der Waals surface area contributed by atoms with Gasteiger partial charge in [0.15, 0.2) is 0 Å². The van der Waals surface area contributed by atoms with Crippen LogP contribution in [0.25, 0.3) is 0 Å². The lowest BCUT2D eigenvalue weighted by molar-refractivity contribution is 0.498. The Labute approximate surface area is 62.8 Å². The molecule has 2 nitrogen and oxygen atoms in total. The minimum atomic E-state index is 0.0567. The SMILES string of the molecule is C/N=C\C=C(/N)C(C)(C)C. The van der Waals surface area contributed by atoms with E-state index in [1.165, 1.54) is 0 Å². The zero-order valence-electron chi connectivity index (χ0n) is 7.18. The van der Waals surface area contributed by atoms with Crippen molar-refractivity contribution in [3.05, 3.63) is 11.8 Å². The van der Waals surface area contributed by atoms with E-state index >= 15 is 0 Å². The maximum absolute atomic E-state index is 5.71. The lowest BCUT2D eigenvalue weighted by Crippen LogP contribution is -2.16. The van der Waals surface area contributed by atoms with Crippen molar-refractivity contribution in [1.29, 1.82) is 0 Å². The first-order valence-corrected chi connectivity index (χ1v) is 3.37. The summed E-state index contributed by atoms with van der Waals surface area (Å²) in [6.07, 6.45) is 3.54.